The van der Waals surface area contributed by atoms with Crippen LogP contribution in [-0.4, -0.2) is 18.7 Å². The highest BCUT2D eigenvalue weighted by Crippen LogP contribution is 2.27. The van der Waals surface area contributed by atoms with Gasteiger partial charge in [0.25, 0.3) is 5.91 Å². The Morgan fingerprint density at radius 1 is 1.13 bits per heavy atom. The molecular formula is C15H13Cl2N3O3. The van der Waals surface area contributed by atoms with Crippen molar-refractivity contribution in [3.05, 3.63) is 58.1 Å². The molecule has 3 amide bonds. The number of para-hydroxylation sites is 1. The van der Waals surface area contributed by atoms with Gasteiger partial charge < -0.3 is 15.8 Å². The number of hydrogen-bond donors (Lipinski definition) is 3. The lowest BCUT2D eigenvalue weighted by Gasteiger charge is -2.10. The van der Waals surface area contributed by atoms with Crippen molar-refractivity contribution in [3.8, 4) is 5.75 Å². The number of hydrogen-bond acceptors (Lipinski definition) is 4. The summed E-state index contributed by atoms with van der Waals surface area (Å²) in [5.74, 6) is -0.250. The van der Waals surface area contributed by atoms with E-state index in [4.69, 9.17) is 33.7 Å². The monoisotopic (exact) mass is 353 g/mol. The molecule has 0 aliphatic carbocycles. The molecule has 23 heavy (non-hydrogen) atoms. The Morgan fingerprint density at radius 2 is 1.87 bits per heavy atom. The molecule has 120 valence electrons. The Balaban J connectivity index is 1.83. The molecular weight excluding hydrogens is 341 g/mol. The zero-order valence-corrected chi connectivity index (χ0v) is 13.3. The molecule has 0 radical (unpaired) electrons. The van der Waals surface area contributed by atoms with Gasteiger partial charge in [-0.25, -0.2) is 4.79 Å². The summed E-state index contributed by atoms with van der Waals surface area (Å²) in [6.07, 6.45) is 0. The summed E-state index contributed by atoms with van der Waals surface area (Å²) in [6, 6.07) is 10.4. The Kier molecular flexibility index (Phi) is 5.67. The third-order valence-electron chi connectivity index (χ3n) is 2.79. The van der Waals surface area contributed by atoms with E-state index in [1.54, 1.807) is 30.3 Å². The summed E-state index contributed by atoms with van der Waals surface area (Å²) < 4.78 is 5.27. The van der Waals surface area contributed by atoms with Crippen molar-refractivity contribution >= 4 is 40.8 Å². The number of urea groups is 1. The van der Waals surface area contributed by atoms with E-state index in [-0.39, 0.29) is 18.0 Å². The third-order valence-corrected chi connectivity index (χ3v) is 3.32. The number of carbonyl (C=O) groups is 2. The van der Waals surface area contributed by atoms with Crippen LogP contribution >= 0.6 is 23.2 Å². The number of benzene rings is 2. The van der Waals surface area contributed by atoms with Crippen LogP contribution in [0.3, 0.4) is 0 Å². The predicted octanol–water partition coefficient (Wildman–Crippen LogP) is 3.05. The lowest BCUT2D eigenvalue weighted by atomic mass is 10.2. The first-order valence-corrected chi connectivity index (χ1v) is 7.24. The second-order valence-electron chi connectivity index (χ2n) is 4.41. The van der Waals surface area contributed by atoms with E-state index in [9.17, 15) is 9.59 Å². The quantitative estimate of drug-likeness (QED) is 0.581. The fraction of sp³-hybridized carbons (Fsp3) is 0.0667. The van der Waals surface area contributed by atoms with E-state index >= 15 is 0 Å². The van der Waals surface area contributed by atoms with Gasteiger partial charge in [-0.2, -0.15) is 0 Å². The van der Waals surface area contributed by atoms with Crippen LogP contribution in [0, 0.1) is 0 Å². The second kappa shape index (κ2) is 7.71. The van der Waals surface area contributed by atoms with E-state index in [1.165, 1.54) is 12.1 Å². The summed E-state index contributed by atoms with van der Waals surface area (Å²) in [6.45, 7) is -0.176. The lowest BCUT2D eigenvalue weighted by molar-refractivity contribution is 0.0963. The Bertz CT molecular complexity index is 738. The van der Waals surface area contributed by atoms with Crippen LogP contribution in [-0.2, 0) is 0 Å². The molecule has 0 spiro atoms. The highest BCUT2D eigenvalue weighted by Gasteiger charge is 2.12. The van der Waals surface area contributed by atoms with Crippen molar-refractivity contribution in [1.82, 2.24) is 10.6 Å². The fourth-order valence-corrected chi connectivity index (χ4v) is 2.15. The molecule has 0 unspecified atom stereocenters. The van der Waals surface area contributed by atoms with Crippen molar-refractivity contribution in [2.75, 3.05) is 12.5 Å². The molecule has 0 aliphatic heterocycles. The van der Waals surface area contributed by atoms with E-state index < -0.39 is 11.9 Å². The van der Waals surface area contributed by atoms with Gasteiger partial charge in [0.15, 0.2) is 6.73 Å². The number of amides is 3. The first kappa shape index (κ1) is 16.9. The van der Waals surface area contributed by atoms with Crippen LogP contribution in [0.1, 0.15) is 10.4 Å². The first-order valence-electron chi connectivity index (χ1n) is 6.49. The molecule has 0 saturated carbocycles. The standard InChI is InChI=1S/C15H13Cl2N3O3/c16-9-5-6-13(11(17)7-9)23-8-19-15(22)20-14(21)10-3-1-2-4-12(10)18/h1-7H,8,18H2,(H2,19,20,21,22). The van der Waals surface area contributed by atoms with Gasteiger partial charge in [0.05, 0.1) is 10.6 Å². The number of ether oxygens (including phenoxy) is 1. The van der Waals surface area contributed by atoms with Crippen LogP contribution in [0.15, 0.2) is 42.5 Å². The fourth-order valence-electron chi connectivity index (χ4n) is 1.69. The van der Waals surface area contributed by atoms with Crippen LogP contribution in [0.25, 0.3) is 0 Å². The molecule has 2 aromatic rings. The molecule has 0 aliphatic rings. The summed E-state index contributed by atoms with van der Waals surface area (Å²) >= 11 is 11.7. The SMILES string of the molecule is Nc1ccccc1C(=O)NC(=O)NCOc1ccc(Cl)cc1Cl. The molecule has 4 N–H and O–H groups in total. The Hall–Kier alpha value is -2.44. The molecule has 0 heterocycles. The number of carbonyl (C=O) groups excluding carboxylic acids is 2. The van der Waals surface area contributed by atoms with Gasteiger partial charge in [-0.3, -0.25) is 10.1 Å². The largest absolute Gasteiger partial charge is 0.472 e. The number of halogens is 2. The topological polar surface area (TPSA) is 93.5 Å². The zero-order chi connectivity index (χ0) is 16.8. The van der Waals surface area contributed by atoms with Gasteiger partial charge in [0, 0.05) is 10.7 Å². The minimum atomic E-state index is -0.719. The molecule has 0 fully saturated rings. The third kappa shape index (κ3) is 4.77. The van der Waals surface area contributed by atoms with Gasteiger partial charge in [0.2, 0.25) is 0 Å². The normalized spacial score (nSPS) is 10.0. The maximum atomic E-state index is 11.9. The Morgan fingerprint density at radius 3 is 2.57 bits per heavy atom. The van der Waals surface area contributed by atoms with Crippen LogP contribution < -0.4 is 21.1 Å². The summed E-state index contributed by atoms with van der Waals surface area (Å²) in [7, 11) is 0. The number of anilines is 1. The second-order valence-corrected chi connectivity index (χ2v) is 5.25. The average molecular weight is 354 g/mol. The predicted molar refractivity (Wildman–Crippen MR) is 88.8 cm³/mol. The zero-order valence-electron chi connectivity index (χ0n) is 11.8. The average Bonchev–Trinajstić information content (AvgIpc) is 2.49. The van der Waals surface area contributed by atoms with Gasteiger partial charge in [-0.1, -0.05) is 35.3 Å². The minimum absolute atomic E-state index is 0.176. The molecule has 0 aromatic heterocycles. The summed E-state index contributed by atoms with van der Waals surface area (Å²) in [5.41, 5.74) is 6.15. The van der Waals surface area contributed by atoms with Crippen molar-refractivity contribution in [1.29, 1.82) is 0 Å². The minimum Gasteiger partial charge on any atom is -0.472 e. The smallest absolute Gasteiger partial charge is 0.324 e. The summed E-state index contributed by atoms with van der Waals surface area (Å²) in [4.78, 5) is 23.5. The molecule has 8 heteroatoms. The lowest BCUT2D eigenvalue weighted by Crippen LogP contribution is -2.41. The van der Waals surface area contributed by atoms with E-state index in [0.29, 0.717) is 15.8 Å². The van der Waals surface area contributed by atoms with Gasteiger partial charge in [-0.15, -0.1) is 0 Å². The van der Waals surface area contributed by atoms with Crippen LogP contribution in [0.5, 0.6) is 5.75 Å². The highest BCUT2D eigenvalue weighted by atomic mass is 35.5. The maximum Gasteiger partial charge on any atom is 0.324 e. The molecule has 0 saturated heterocycles. The van der Waals surface area contributed by atoms with E-state index in [0.717, 1.165) is 0 Å². The van der Waals surface area contributed by atoms with E-state index in [1.807, 2.05) is 0 Å². The highest BCUT2D eigenvalue weighted by molar-refractivity contribution is 6.35. The van der Waals surface area contributed by atoms with Gasteiger partial charge in [-0.05, 0) is 30.3 Å². The first-order chi connectivity index (χ1) is 11.0. The molecule has 6 nitrogen and oxygen atoms in total. The van der Waals surface area contributed by atoms with Crippen molar-refractivity contribution in [3.63, 3.8) is 0 Å². The number of rotatable bonds is 4. The Labute approximate surface area is 142 Å². The number of nitrogens with one attached hydrogen (secondary N) is 2. The maximum absolute atomic E-state index is 11.9. The van der Waals surface area contributed by atoms with Gasteiger partial charge in [0.1, 0.15) is 5.75 Å². The van der Waals surface area contributed by atoms with E-state index in [2.05, 4.69) is 10.6 Å². The van der Waals surface area contributed by atoms with Crippen molar-refractivity contribution in [2.45, 2.75) is 0 Å². The number of nitrogens with two attached hydrogens (primary N) is 1. The summed E-state index contributed by atoms with van der Waals surface area (Å²) in [5, 5.41) is 5.30. The molecule has 2 aromatic carbocycles. The van der Waals surface area contributed by atoms with Crippen LogP contribution in [0.2, 0.25) is 10.0 Å². The molecule has 0 atom stereocenters. The number of imide groups is 1. The van der Waals surface area contributed by atoms with Gasteiger partial charge >= 0.3 is 6.03 Å². The molecule has 2 rings (SSSR count). The number of nitrogen functional groups attached to an aromatic ring is 1. The van der Waals surface area contributed by atoms with Crippen molar-refractivity contribution < 1.29 is 14.3 Å². The van der Waals surface area contributed by atoms with Crippen molar-refractivity contribution in [2.24, 2.45) is 0 Å². The molecule has 0 bridgehead atoms. The van der Waals surface area contributed by atoms with Crippen LogP contribution in [0.4, 0.5) is 10.5 Å².